The lowest BCUT2D eigenvalue weighted by Gasteiger charge is -2.32. The zero-order valence-corrected chi connectivity index (χ0v) is 11.2. The van der Waals surface area contributed by atoms with E-state index in [1.54, 1.807) is 4.90 Å². The first-order chi connectivity index (χ1) is 9.66. The number of carboxylic acid groups (broad SMARTS) is 1. The molecule has 0 aliphatic carbocycles. The van der Waals surface area contributed by atoms with Crippen molar-refractivity contribution < 1.29 is 14.7 Å². The number of nitrogens with one attached hydrogen (secondary N) is 1. The quantitative estimate of drug-likeness (QED) is 0.858. The molecule has 1 saturated heterocycles. The Morgan fingerprint density at radius 1 is 1.30 bits per heavy atom. The minimum atomic E-state index is -0.799. The number of hydrogen-bond donors (Lipinski definition) is 2. The third-order valence-corrected chi connectivity index (χ3v) is 4.21. The van der Waals surface area contributed by atoms with Gasteiger partial charge >= 0.3 is 5.97 Å². The van der Waals surface area contributed by atoms with Crippen LogP contribution in [-0.2, 0) is 9.59 Å². The molecule has 0 spiro atoms. The lowest BCUT2D eigenvalue weighted by atomic mass is 9.94. The van der Waals surface area contributed by atoms with Crippen molar-refractivity contribution in [2.24, 2.45) is 5.92 Å². The number of para-hydroxylation sites is 1. The summed E-state index contributed by atoms with van der Waals surface area (Å²) in [4.78, 5) is 25.4. The highest BCUT2D eigenvalue weighted by molar-refractivity contribution is 5.88. The predicted octanol–water partition coefficient (Wildman–Crippen LogP) is 1.52. The molecule has 0 saturated carbocycles. The molecule has 106 valence electrons. The van der Waals surface area contributed by atoms with E-state index in [0.717, 1.165) is 17.7 Å². The number of benzene rings is 1. The molecular weight excluding hydrogens is 256 g/mol. The number of amides is 1. The summed E-state index contributed by atoms with van der Waals surface area (Å²) in [6.07, 6.45) is 1.43. The van der Waals surface area contributed by atoms with Crippen molar-refractivity contribution in [3.63, 3.8) is 0 Å². The molecule has 5 nitrogen and oxygen atoms in total. The molecule has 2 aliphatic rings. The normalized spacial score (nSPS) is 24.9. The Kier molecular flexibility index (Phi) is 3.34. The molecule has 5 heteroatoms. The minimum Gasteiger partial charge on any atom is -0.481 e. The van der Waals surface area contributed by atoms with Crippen molar-refractivity contribution in [1.29, 1.82) is 0 Å². The summed E-state index contributed by atoms with van der Waals surface area (Å²) in [6, 6.07) is 7.82. The summed E-state index contributed by atoms with van der Waals surface area (Å²) in [6.45, 7) is 1.61. The van der Waals surface area contributed by atoms with Crippen molar-refractivity contribution in [1.82, 2.24) is 4.90 Å². The number of hydrogen-bond acceptors (Lipinski definition) is 3. The van der Waals surface area contributed by atoms with Crippen molar-refractivity contribution in [2.75, 3.05) is 25.0 Å². The van der Waals surface area contributed by atoms with Crippen LogP contribution in [0.5, 0.6) is 0 Å². The van der Waals surface area contributed by atoms with Gasteiger partial charge in [0, 0.05) is 25.3 Å². The number of carboxylic acids is 1. The Hall–Kier alpha value is -2.04. The monoisotopic (exact) mass is 274 g/mol. The molecule has 3 rings (SSSR count). The average Bonchev–Trinajstić information content (AvgIpc) is 2.90. The number of anilines is 1. The molecule has 0 bridgehead atoms. The van der Waals surface area contributed by atoms with Crippen LogP contribution in [0.1, 0.15) is 24.3 Å². The van der Waals surface area contributed by atoms with Crippen molar-refractivity contribution in [2.45, 2.75) is 18.8 Å². The van der Waals surface area contributed by atoms with Crippen LogP contribution in [0.3, 0.4) is 0 Å². The van der Waals surface area contributed by atoms with Gasteiger partial charge in [-0.3, -0.25) is 9.59 Å². The summed E-state index contributed by atoms with van der Waals surface area (Å²) in [7, 11) is 0. The number of likely N-dealkylation sites (tertiary alicyclic amines) is 1. The molecule has 1 aromatic rings. The van der Waals surface area contributed by atoms with Gasteiger partial charge in [-0.1, -0.05) is 18.2 Å². The maximum absolute atomic E-state index is 12.6. The van der Waals surface area contributed by atoms with E-state index in [1.807, 2.05) is 24.3 Å². The molecule has 1 unspecified atom stereocenters. The number of nitrogens with zero attached hydrogens (tertiary/aromatic N) is 1. The van der Waals surface area contributed by atoms with Gasteiger partial charge in [-0.2, -0.15) is 0 Å². The molecule has 0 radical (unpaired) electrons. The van der Waals surface area contributed by atoms with Crippen LogP contribution in [0, 0.1) is 5.92 Å². The Bertz CT molecular complexity index is 544. The van der Waals surface area contributed by atoms with Gasteiger partial charge in [0.25, 0.3) is 0 Å². The fourth-order valence-electron chi connectivity index (χ4n) is 3.10. The average molecular weight is 274 g/mol. The van der Waals surface area contributed by atoms with Crippen LogP contribution in [-0.4, -0.2) is 41.5 Å². The van der Waals surface area contributed by atoms with Crippen LogP contribution in [0.25, 0.3) is 0 Å². The van der Waals surface area contributed by atoms with E-state index in [9.17, 15) is 9.59 Å². The van der Waals surface area contributed by atoms with Gasteiger partial charge in [0.1, 0.15) is 0 Å². The molecular formula is C15H18N2O3. The summed E-state index contributed by atoms with van der Waals surface area (Å²) in [5, 5.41) is 12.4. The van der Waals surface area contributed by atoms with E-state index in [2.05, 4.69) is 5.32 Å². The van der Waals surface area contributed by atoms with Gasteiger partial charge in [0.05, 0.1) is 11.8 Å². The third kappa shape index (κ3) is 2.24. The van der Waals surface area contributed by atoms with Gasteiger partial charge in [0.2, 0.25) is 5.91 Å². The van der Waals surface area contributed by atoms with E-state index < -0.39 is 11.9 Å². The highest BCUT2D eigenvalue weighted by Gasteiger charge is 2.35. The Balaban J connectivity index is 1.75. The van der Waals surface area contributed by atoms with E-state index in [-0.39, 0.29) is 11.8 Å². The van der Waals surface area contributed by atoms with Crippen LogP contribution in [0.15, 0.2) is 24.3 Å². The first-order valence-electron chi connectivity index (χ1n) is 7.01. The lowest BCUT2D eigenvalue weighted by Crippen LogP contribution is -2.44. The smallest absolute Gasteiger partial charge is 0.308 e. The highest BCUT2D eigenvalue weighted by Crippen LogP contribution is 2.33. The zero-order valence-electron chi connectivity index (χ0n) is 11.2. The fraction of sp³-hybridized carbons (Fsp3) is 0.467. The van der Waals surface area contributed by atoms with Crippen LogP contribution < -0.4 is 5.32 Å². The van der Waals surface area contributed by atoms with E-state index >= 15 is 0 Å². The van der Waals surface area contributed by atoms with Crippen LogP contribution in [0.2, 0.25) is 0 Å². The molecule has 1 fully saturated rings. The maximum atomic E-state index is 12.6. The molecule has 20 heavy (non-hydrogen) atoms. The molecule has 1 amide bonds. The van der Waals surface area contributed by atoms with E-state index in [1.165, 1.54) is 0 Å². The predicted molar refractivity (Wildman–Crippen MR) is 74.6 cm³/mol. The van der Waals surface area contributed by atoms with Crippen LogP contribution >= 0.6 is 0 Å². The summed E-state index contributed by atoms with van der Waals surface area (Å²) in [5.74, 6) is -1.35. The SMILES string of the molecule is O=C(O)[C@H]1CCCN(C(=O)C2CNc3ccccc32)C1. The molecule has 2 heterocycles. The molecule has 2 N–H and O–H groups in total. The summed E-state index contributed by atoms with van der Waals surface area (Å²) in [5.41, 5.74) is 2.03. The van der Waals surface area contributed by atoms with Crippen molar-refractivity contribution in [3.8, 4) is 0 Å². The van der Waals surface area contributed by atoms with Crippen LogP contribution in [0.4, 0.5) is 5.69 Å². The second-order valence-corrected chi connectivity index (χ2v) is 5.48. The Morgan fingerprint density at radius 3 is 2.90 bits per heavy atom. The largest absolute Gasteiger partial charge is 0.481 e. The molecule has 1 aromatic carbocycles. The zero-order chi connectivity index (χ0) is 14.1. The second kappa shape index (κ2) is 5.15. The molecule has 2 aliphatic heterocycles. The maximum Gasteiger partial charge on any atom is 0.308 e. The standard InChI is InChI=1S/C15H18N2O3/c18-14(17-7-3-4-10(9-17)15(19)20)12-8-16-13-6-2-1-5-11(12)13/h1-2,5-6,10,12,16H,3-4,7-9H2,(H,19,20)/t10-,12?/m0/s1. The summed E-state index contributed by atoms with van der Waals surface area (Å²) >= 11 is 0. The van der Waals surface area contributed by atoms with Crippen molar-refractivity contribution in [3.05, 3.63) is 29.8 Å². The number of rotatable bonds is 2. The van der Waals surface area contributed by atoms with Gasteiger partial charge < -0.3 is 15.3 Å². The summed E-state index contributed by atoms with van der Waals surface area (Å²) < 4.78 is 0. The van der Waals surface area contributed by atoms with Gasteiger partial charge in [-0.15, -0.1) is 0 Å². The second-order valence-electron chi connectivity index (χ2n) is 5.48. The number of piperidine rings is 1. The Morgan fingerprint density at radius 2 is 2.10 bits per heavy atom. The first kappa shape index (κ1) is 13.0. The Labute approximate surface area is 117 Å². The number of carbonyl (C=O) groups excluding carboxylic acids is 1. The molecule has 0 aromatic heterocycles. The topological polar surface area (TPSA) is 69.6 Å². The van der Waals surface area contributed by atoms with Gasteiger partial charge in [-0.05, 0) is 24.5 Å². The number of aliphatic carboxylic acids is 1. The van der Waals surface area contributed by atoms with E-state index in [0.29, 0.717) is 26.1 Å². The first-order valence-corrected chi connectivity index (χ1v) is 7.01. The number of fused-ring (bicyclic) bond motifs is 1. The minimum absolute atomic E-state index is 0.0494. The number of carbonyl (C=O) groups is 2. The lowest BCUT2D eigenvalue weighted by molar-refractivity contribution is -0.146. The highest BCUT2D eigenvalue weighted by atomic mass is 16.4. The van der Waals surface area contributed by atoms with Crippen molar-refractivity contribution >= 4 is 17.6 Å². The van der Waals surface area contributed by atoms with Gasteiger partial charge in [-0.25, -0.2) is 0 Å². The fourth-order valence-corrected chi connectivity index (χ4v) is 3.10. The van der Waals surface area contributed by atoms with Gasteiger partial charge in [0.15, 0.2) is 0 Å². The third-order valence-electron chi connectivity index (χ3n) is 4.21. The van der Waals surface area contributed by atoms with E-state index in [4.69, 9.17) is 5.11 Å². The molecule has 2 atom stereocenters.